The second kappa shape index (κ2) is 6.34. The van der Waals surface area contributed by atoms with E-state index in [0.29, 0.717) is 32.4 Å². The Labute approximate surface area is 127 Å². The Hall–Kier alpha value is -1.10. The van der Waals surface area contributed by atoms with E-state index in [1.165, 1.54) is 0 Å². The molecule has 0 aromatic heterocycles. The number of hydrogen-bond donors (Lipinski definition) is 2. The second-order valence-electron chi connectivity index (χ2n) is 6.69. The molecule has 2 saturated heterocycles. The quantitative estimate of drug-likeness (QED) is 0.812. The molecule has 2 fully saturated rings. The van der Waals surface area contributed by atoms with Gasteiger partial charge in [-0.2, -0.15) is 0 Å². The number of likely N-dealkylation sites (tertiary alicyclic amines) is 1. The van der Waals surface area contributed by atoms with Gasteiger partial charge in [-0.05, 0) is 38.6 Å². The molecule has 0 bridgehead atoms. The van der Waals surface area contributed by atoms with E-state index in [-0.39, 0.29) is 11.3 Å². The molecule has 2 N–H and O–H groups in total. The first-order valence-electron chi connectivity index (χ1n) is 8.23. The van der Waals surface area contributed by atoms with Crippen LogP contribution in [0.3, 0.4) is 0 Å². The predicted molar refractivity (Wildman–Crippen MR) is 81.0 cm³/mol. The van der Waals surface area contributed by atoms with Crippen LogP contribution in [0.4, 0.5) is 0 Å². The summed E-state index contributed by atoms with van der Waals surface area (Å²) in [5.74, 6) is -0.463. The van der Waals surface area contributed by atoms with Crippen LogP contribution in [0, 0.1) is 10.8 Å². The van der Waals surface area contributed by atoms with E-state index in [2.05, 4.69) is 12.2 Å². The molecule has 0 spiro atoms. The van der Waals surface area contributed by atoms with Gasteiger partial charge in [0.05, 0.1) is 10.8 Å². The maximum atomic E-state index is 12.8. The summed E-state index contributed by atoms with van der Waals surface area (Å²) in [6, 6.07) is 0. The van der Waals surface area contributed by atoms with Crippen molar-refractivity contribution in [1.82, 2.24) is 10.2 Å². The van der Waals surface area contributed by atoms with Crippen molar-refractivity contribution in [2.75, 3.05) is 26.2 Å². The standard InChI is InChI=1S/C16H28N2O3/c1-3-5-16(14(20)21)7-10-18(11-8-16)13(19)15(4-2)6-9-17-12-15/h17H,3-12H2,1-2H3,(H,20,21). The number of carbonyl (C=O) groups is 2. The first-order chi connectivity index (χ1) is 9.99. The van der Waals surface area contributed by atoms with Crippen LogP contribution >= 0.6 is 0 Å². The predicted octanol–water partition coefficient (Wildman–Crippen LogP) is 1.87. The largest absolute Gasteiger partial charge is 0.481 e. The van der Waals surface area contributed by atoms with E-state index in [4.69, 9.17) is 0 Å². The molecular formula is C16H28N2O3. The Morgan fingerprint density at radius 1 is 1.14 bits per heavy atom. The highest BCUT2D eigenvalue weighted by Crippen LogP contribution is 2.39. The third kappa shape index (κ3) is 2.93. The van der Waals surface area contributed by atoms with Crippen molar-refractivity contribution in [1.29, 1.82) is 0 Å². The van der Waals surface area contributed by atoms with Crippen molar-refractivity contribution < 1.29 is 14.7 Å². The zero-order valence-electron chi connectivity index (χ0n) is 13.3. The molecule has 0 radical (unpaired) electrons. The molecule has 2 rings (SSSR count). The Kier molecular flexibility index (Phi) is 4.91. The number of nitrogens with zero attached hydrogens (tertiary/aromatic N) is 1. The summed E-state index contributed by atoms with van der Waals surface area (Å²) in [5, 5.41) is 12.8. The van der Waals surface area contributed by atoms with E-state index in [1.807, 2.05) is 11.8 Å². The lowest BCUT2D eigenvalue weighted by Crippen LogP contribution is -2.51. The van der Waals surface area contributed by atoms with Crippen LogP contribution in [0.2, 0.25) is 0 Å². The number of piperidine rings is 1. The third-order valence-electron chi connectivity index (χ3n) is 5.56. The molecule has 0 aromatic rings. The molecule has 0 saturated carbocycles. The number of hydrogen-bond acceptors (Lipinski definition) is 3. The van der Waals surface area contributed by atoms with Crippen LogP contribution < -0.4 is 5.32 Å². The summed E-state index contributed by atoms with van der Waals surface area (Å²) in [6.07, 6.45) is 4.53. The van der Waals surface area contributed by atoms with Crippen molar-refractivity contribution in [3.05, 3.63) is 0 Å². The molecule has 21 heavy (non-hydrogen) atoms. The van der Waals surface area contributed by atoms with Crippen LogP contribution in [0.15, 0.2) is 0 Å². The molecule has 1 amide bonds. The van der Waals surface area contributed by atoms with E-state index in [1.54, 1.807) is 0 Å². The van der Waals surface area contributed by atoms with Crippen molar-refractivity contribution >= 4 is 11.9 Å². The van der Waals surface area contributed by atoms with Gasteiger partial charge in [0.25, 0.3) is 0 Å². The van der Waals surface area contributed by atoms with E-state index in [9.17, 15) is 14.7 Å². The third-order valence-corrected chi connectivity index (χ3v) is 5.56. The zero-order chi connectivity index (χ0) is 15.5. The minimum absolute atomic E-state index is 0.227. The summed E-state index contributed by atoms with van der Waals surface area (Å²) in [5.41, 5.74) is -0.868. The molecule has 2 aliphatic heterocycles. The molecule has 120 valence electrons. The van der Waals surface area contributed by atoms with E-state index >= 15 is 0 Å². The molecule has 2 aliphatic rings. The number of carboxylic acid groups (broad SMARTS) is 1. The molecule has 0 aromatic carbocycles. The maximum absolute atomic E-state index is 12.8. The lowest BCUT2D eigenvalue weighted by atomic mass is 9.74. The van der Waals surface area contributed by atoms with Crippen LogP contribution in [-0.2, 0) is 9.59 Å². The van der Waals surface area contributed by atoms with Crippen LogP contribution in [0.1, 0.15) is 52.4 Å². The van der Waals surface area contributed by atoms with Crippen LogP contribution in [0.25, 0.3) is 0 Å². The number of nitrogens with one attached hydrogen (secondary N) is 1. The topological polar surface area (TPSA) is 69.6 Å². The number of carbonyl (C=O) groups excluding carboxylic acids is 1. The molecule has 0 aliphatic carbocycles. The molecule has 5 nitrogen and oxygen atoms in total. The summed E-state index contributed by atoms with van der Waals surface area (Å²) in [4.78, 5) is 26.3. The second-order valence-corrected chi connectivity index (χ2v) is 6.69. The summed E-state index contributed by atoms with van der Waals surface area (Å²) in [6.45, 7) is 6.95. The fraction of sp³-hybridized carbons (Fsp3) is 0.875. The molecule has 2 heterocycles. The number of aliphatic carboxylic acids is 1. The van der Waals surface area contributed by atoms with Gasteiger partial charge >= 0.3 is 5.97 Å². The lowest BCUT2D eigenvalue weighted by Gasteiger charge is -2.42. The fourth-order valence-corrected chi connectivity index (χ4v) is 3.90. The SMILES string of the molecule is CCCC1(C(=O)O)CCN(C(=O)C2(CC)CCNC2)CC1. The van der Waals surface area contributed by atoms with Gasteiger partial charge in [-0.15, -0.1) is 0 Å². The van der Waals surface area contributed by atoms with E-state index in [0.717, 1.165) is 32.4 Å². The molecule has 1 unspecified atom stereocenters. The van der Waals surface area contributed by atoms with Crippen molar-refractivity contribution in [3.8, 4) is 0 Å². The van der Waals surface area contributed by atoms with Gasteiger partial charge in [0, 0.05) is 19.6 Å². The summed E-state index contributed by atoms with van der Waals surface area (Å²) in [7, 11) is 0. The minimum Gasteiger partial charge on any atom is -0.481 e. The Morgan fingerprint density at radius 2 is 1.81 bits per heavy atom. The van der Waals surface area contributed by atoms with Crippen molar-refractivity contribution in [2.24, 2.45) is 10.8 Å². The van der Waals surface area contributed by atoms with E-state index < -0.39 is 11.4 Å². The molecular weight excluding hydrogens is 268 g/mol. The normalized spacial score (nSPS) is 28.6. The van der Waals surface area contributed by atoms with Crippen LogP contribution in [0.5, 0.6) is 0 Å². The van der Waals surface area contributed by atoms with Gasteiger partial charge in [-0.25, -0.2) is 0 Å². The van der Waals surface area contributed by atoms with Gasteiger partial charge < -0.3 is 15.3 Å². The monoisotopic (exact) mass is 296 g/mol. The first kappa shape index (κ1) is 16.3. The maximum Gasteiger partial charge on any atom is 0.309 e. The van der Waals surface area contributed by atoms with Crippen molar-refractivity contribution in [2.45, 2.75) is 52.4 Å². The fourth-order valence-electron chi connectivity index (χ4n) is 3.90. The number of rotatable bonds is 5. The highest BCUT2D eigenvalue weighted by atomic mass is 16.4. The van der Waals surface area contributed by atoms with Gasteiger partial charge in [-0.1, -0.05) is 20.3 Å². The molecule has 5 heteroatoms. The Morgan fingerprint density at radius 3 is 2.24 bits per heavy atom. The van der Waals surface area contributed by atoms with Gasteiger partial charge in [-0.3, -0.25) is 9.59 Å². The summed E-state index contributed by atoms with van der Waals surface area (Å²) >= 11 is 0. The highest BCUT2D eigenvalue weighted by Gasteiger charge is 2.46. The molecule has 1 atom stereocenters. The minimum atomic E-state index is -0.691. The smallest absolute Gasteiger partial charge is 0.309 e. The van der Waals surface area contributed by atoms with Gasteiger partial charge in [0.2, 0.25) is 5.91 Å². The number of amides is 1. The Bertz CT molecular complexity index is 394. The summed E-state index contributed by atoms with van der Waals surface area (Å²) < 4.78 is 0. The van der Waals surface area contributed by atoms with Crippen LogP contribution in [-0.4, -0.2) is 48.1 Å². The first-order valence-corrected chi connectivity index (χ1v) is 8.23. The zero-order valence-corrected chi connectivity index (χ0v) is 13.3. The average molecular weight is 296 g/mol. The Balaban J connectivity index is 2.03. The van der Waals surface area contributed by atoms with Gasteiger partial charge in [0.1, 0.15) is 0 Å². The highest BCUT2D eigenvalue weighted by molar-refractivity contribution is 5.84. The average Bonchev–Trinajstić information content (AvgIpc) is 2.97. The van der Waals surface area contributed by atoms with Gasteiger partial charge in [0.15, 0.2) is 0 Å². The van der Waals surface area contributed by atoms with Crippen molar-refractivity contribution in [3.63, 3.8) is 0 Å². The lowest BCUT2D eigenvalue weighted by molar-refractivity contribution is -0.157. The number of carboxylic acids is 1.